The van der Waals surface area contributed by atoms with Gasteiger partial charge in [0, 0.05) is 10.7 Å². The second-order valence-corrected chi connectivity index (χ2v) is 6.42. The van der Waals surface area contributed by atoms with Crippen molar-refractivity contribution in [3.63, 3.8) is 0 Å². The summed E-state index contributed by atoms with van der Waals surface area (Å²) in [7, 11) is 0. The Balaban J connectivity index is 1.71. The summed E-state index contributed by atoms with van der Waals surface area (Å²) in [6, 6.07) is 13.6. The Morgan fingerprint density at radius 2 is 1.77 bits per heavy atom. The highest BCUT2D eigenvalue weighted by atomic mass is 35.5. The SMILES string of the molecule is Cc1ccc(C2(NC(=O)Nc3cc(Cl)ccc3C)CC2)cc1. The number of amides is 2. The van der Waals surface area contributed by atoms with Gasteiger partial charge in [-0.3, -0.25) is 0 Å². The summed E-state index contributed by atoms with van der Waals surface area (Å²) >= 11 is 5.98. The van der Waals surface area contributed by atoms with Gasteiger partial charge in [0.1, 0.15) is 0 Å². The zero-order valence-electron chi connectivity index (χ0n) is 12.7. The standard InChI is InChI=1S/C18H19ClN2O/c1-12-3-6-14(7-4-12)18(9-10-18)21-17(22)20-16-11-15(19)8-5-13(16)2/h3-8,11H,9-10H2,1-2H3,(H2,20,21,22). The van der Waals surface area contributed by atoms with E-state index in [1.807, 2.05) is 19.1 Å². The van der Waals surface area contributed by atoms with Gasteiger partial charge in [-0.25, -0.2) is 4.79 Å². The Bertz CT molecular complexity index is 706. The fraction of sp³-hybridized carbons (Fsp3) is 0.278. The van der Waals surface area contributed by atoms with E-state index in [9.17, 15) is 4.79 Å². The first kappa shape index (κ1) is 14.9. The Kier molecular flexibility index (Phi) is 3.83. The molecular formula is C18H19ClN2O. The topological polar surface area (TPSA) is 41.1 Å². The maximum absolute atomic E-state index is 12.3. The second-order valence-electron chi connectivity index (χ2n) is 5.99. The lowest BCUT2D eigenvalue weighted by Crippen LogP contribution is -2.38. The van der Waals surface area contributed by atoms with Crippen molar-refractivity contribution in [3.8, 4) is 0 Å². The van der Waals surface area contributed by atoms with E-state index in [-0.39, 0.29) is 11.6 Å². The zero-order valence-corrected chi connectivity index (χ0v) is 13.5. The van der Waals surface area contributed by atoms with E-state index >= 15 is 0 Å². The molecule has 3 nitrogen and oxygen atoms in total. The molecule has 2 amide bonds. The lowest BCUT2D eigenvalue weighted by Gasteiger charge is -2.19. The van der Waals surface area contributed by atoms with E-state index in [4.69, 9.17) is 11.6 Å². The highest BCUT2D eigenvalue weighted by molar-refractivity contribution is 6.31. The summed E-state index contributed by atoms with van der Waals surface area (Å²) in [5, 5.41) is 6.61. The third kappa shape index (κ3) is 3.09. The first-order valence-electron chi connectivity index (χ1n) is 7.41. The minimum absolute atomic E-state index is 0.191. The van der Waals surface area contributed by atoms with Crippen LogP contribution in [0.15, 0.2) is 42.5 Å². The Hall–Kier alpha value is -2.00. The molecule has 22 heavy (non-hydrogen) atoms. The summed E-state index contributed by atoms with van der Waals surface area (Å²) < 4.78 is 0. The number of halogens is 1. The van der Waals surface area contributed by atoms with Gasteiger partial charge in [0.05, 0.1) is 5.54 Å². The molecular weight excluding hydrogens is 296 g/mol. The monoisotopic (exact) mass is 314 g/mol. The van der Waals surface area contributed by atoms with Gasteiger partial charge in [0.25, 0.3) is 0 Å². The number of carbonyl (C=O) groups excluding carboxylic acids is 1. The quantitative estimate of drug-likeness (QED) is 0.842. The molecule has 0 bridgehead atoms. The molecule has 0 atom stereocenters. The first-order chi connectivity index (χ1) is 10.5. The number of anilines is 1. The minimum Gasteiger partial charge on any atom is -0.328 e. The van der Waals surface area contributed by atoms with Crippen molar-refractivity contribution in [2.24, 2.45) is 0 Å². The molecule has 3 rings (SSSR count). The van der Waals surface area contributed by atoms with Crippen LogP contribution in [0.3, 0.4) is 0 Å². The van der Waals surface area contributed by atoms with Crippen molar-refractivity contribution in [3.05, 3.63) is 64.2 Å². The average Bonchev–Trinajstić information content (AvgIpc) is 3.24. The van der Waals surface area contributed by atoms with Crippen molar-refractivity contribution in [2.45, 2.75) is 32.2 Å². The molecule has 4 heteroatoms. The van der Waals surface area contributed by atoms with Crippen LogP contribution in [-0.2, 0) is 5.54 Å². The molecule has 0 spiro atoms. The zero-order chi connectivity index (χ0) is 15.7. The number of carbonyl (C=O) groups is 1. The molecule has 0 heterocycles. The number of nitrogens with one attached hydrogen (secondary N) is 2. The maximum atomic E-state index is 12.3. The molecule has 1 fully saturated rings. The van der Waals surface area contributed by atoms with Gasteiger partial charge in [0.15, 0.2) is 0 Å². The van der Waals surface area contributed by atoms with E-state index in [1.165, 1.54) is 5.56 Å². The van der Waals surface area contributed by atoms with Gasteiger partial charge >= 0.3 is 6.03 Å². The molecule has 0 radical (unpaired) electrons. The largest absolute Gasteiger partial charge is 0.328 e. The molecule has 2 aromatic carbocycles. The van der Waals surface area contributed by atoms with Crippen LogP contribution in [0.2, 0.25) is 5.02 Å². The summed E-state index contributed by atoms with van der Waals surface area (Å²) in [4.78, 5) is 12.3. The predicted octanol–water partition coefficient (Wildman–Crippen LogP) is 4.77. The number of benzene rings is 2. The normalized spacial score (nSPS) is 15.2. The molecule has 1 aliphatic carbocycles. The molecule has 2 aromatic rings. The highest BCUT2D eigenvalue weighted by Gasteiger charge is 2.45. The lowest BCUT2D eigenvalue weighted by molar-refractivity contribution is 0.247. The van der Waals surface area contributed by atoms with E-state index in [0.717, 1.165) is 29.7 Å². The number of aryl methyl sites for hydroxylation is 2. The molecule has 0 saturated heterocycles. The molecule has 114 valence electrons. The molecule has 0 aliphatic heterocycles. The second kappa shape index (κ2) is 5.65. The third-order valence-corrected chi connectivity index (χ3v) is 4.39. The fourth-order valence-electron chi connectivity index (χ4n) is 2.58. The van der Waals surface area contributed by atoms with Crippen LogP contribution < -0.4 is 10.6 Å². The number of urea groups is 1. The van der Waals surface area contributed by atoms with E-state index < -0.39 is 0 Å². The van der Waals surface area contributed by atoms with Crippen molar-refractivity contribution >= 4 is 23.3 Å². The Labute approximate surface area is 135 Å². The van der Waals surface area contributed by atoms with Crippen LogP contribution >= 0.6 is 11.6 Å². The van der Waals surface area contributed by atoms with Crippen LogP contribution in [0.1, 0.15) is 29.5 Å². The lowest BCUT2D eigenvalue weighted by atomic mass is 10.0. The van der Waals surface area contributed by atoms with Gasteiger partial charge in [-0.2, -0.15) is 0 Å². The average molecular weight is 315 g/mol. The van der Waals surface area contributed by atoms with Crippen molar-refractivity contribution in [1.29, 1.82) is 0 Å². The first-order valence-corrected chi connectivity index (χ1v) is 7.79. The van der Waals surface area contributed by atoms with Crippen molar-refractivity contribution in [1.82, 2.24) is 5.32 Å². The summed E-state index contributed by atoms with van der Waals surface area (Å²) in [6.07, 6.45) is 1.94. The highest BCUT2D eigenvalue weighted by Crippen LogP contribution is 2.45. The van der Waals surface area contributed by atoms with Crippen LogP contribution in [0.25, 0.3) is 0 Å². The Morgan fingerprint density at radius 1 is 1.09 bits per heavy atom. The fourth-order valence-corrected chi connectivity index (χ4v) is 2.76. The van der Waals surface area contributed by atoms with Crippen molar-refractivity contribution < 1.29 is 4.79 Å². The van der Waals surface area contributed by atoms with E-state index in [1.54, 1.807) is 6.07 Å². The van der Waals surface area contributed by atoms with Gasteiger partial charge in [-0.05, 0) is 49.9 Å². The molecule has 0 aromatic heterocycles. The summed E-state index contributed by atoms with van der Waals surface area (Å²) in [6.45, 7) is 4.00. The van der Waals surface area contributed by atoms with Crippen LogP contribution in [0, 0.1) is 13.8 Å². The van der Waals surface area contributed by atoms with E-state index in [0.29, 0.717) is 5.02 Å². The molecule has 1 saturated carbocycles. The van der Waals surface area contributed by atoms with Crippen LogP contribution in [-0.4, -0.2) is 6.03 Å². The van der Waals surface area contributed by atoms with Gasteiger partial charge in [0.2, 0.25) is 0 Å². The molecule has 1 aliphatic rings. The summed E-state index contributed by atoms with van der Waals surface area (Å²) in [5.41, 5.74) is 3.89. The maximum Gasteiger partial charge on any atom is 0.319 e. The Morgan fingerprint density at radius 3 is 2.41 bits per heavy atom. The minimum atomic E-state index is -0.218. The van der Waals surface area contributed by atoms with Crippen LogP contribution in [0.5, 0.6) is 0 Å². The number of hydrogen-bond donors (Lipinski definition) is 2. The molecule has 2 N–H and O–H groups in total. The predicted molar refractivity (Wildman–Crippen MR) is 90.4 cm³/mol. The van der Waals surface area contributed by atoms with Crippen LogP contribution in [0.4, 0.5) is 10.5 Å². The van der Waals surface area contributed by atoms with Gasteiger partial charge in [-0.1, -0.05) is 47.5 Å². The van der Waals surface area contributed by atoms with Gasteiger partial charge < -0.3 is 10.6 Å². The van der Waals surface area contributed by atoms with E-state index in [2.05, 4.69) is 41.8 Å². The number of hydrogen-bond acceptors (Lipinski definition) is 1. The number of rotatable bonds is 3. The third-order valence-electron chi connectivity index (χ3n) is 4.15. The van der Waals surface area contributed by atoms with Gasteiger partial charge in [-0.15, -0.1) is 0 Å². The summed E-state index contributed by atoms with van der Waals surface area (Å²) in [5.74, 6) is 0. The molecule has 0 unspecified atom stereocenters. The van der Waals surface area contributed by atoms with Crippen molar-refractivity contribution in [2.75, 3.05) is 5.32 Å². The smallest absolute Gasteiger partial charge is 0.319 e.